The number of aromatic nitrogens is 2. The molecule has 0 saturated carbocycles. The third-order valence-corrected chi connectivity index (χ3v) is 4.63. The molecule has 1 heterocycles. The van der Waals surface area contributed by atoms with Gasteiger partial charge in [-0.05, 0) is 55.6 Å². The molecule has 0 unspecified atom stereocenters. The number of hydroxylamine groups is 1. The van der Waals surface area contributed by atoms with Gasteiger partial charge in [-0.25, -0.2) is 10.5 Å². The van der Waals surface area contributed by atoms with E-state index in [1.54, 1.807) is 29.9 Å². The first kappa shape index (κ1) is 19.7. The van der Waals surface area contributed by atoms with E-state index in [-0.39, 0.29) is 0 Å². The summed E-state index contributed by atoms with van der Waals surface area (Å²) in [5.41, 5.74) is 4.80. The van der Waals surface area contributed by atoms with Crippen LogP contribution in [0.2, 0.25) is 0 Å². The highest BCUT2D eigenvalue weighted by Gasteiger charge is 2.08. The normalized spacial score (nSPS) is 11.0. The highest BCUT2D eigenvalue weighted by Crippen LogP contribution is 2.22. The standard InChI is InChI=1S/C21H24N4O3/c1-3-25(4-2)11-12-28-17-8-5-15(6-9-17)20-14-22-18-10-7-16(21(26)24-27)13-19(18)23-20/h5-10,13-14,27H,3-4,11-12H2,1-2H3,(H,24,26). The number of hydrogen-bond donors (Lipinski definition) is 2. The molecule has 0 aliphatic rings. The van der Waals surface area contributed by atoms with Crippen LogP contribution in [0.3, 0.4) is 0 Å². The molecule has 2 N–H and O–H groups in total. The third-order valence-electron chi connectivity index (χ3n) is 4.63. The summed E-state index contributed by atoms with van der Waals surface area (Å²) in [5.74, 6) is 0.229. The number of carbonyl (C=O) groups excluding carboxylic acids is 1. The van der Waals surface area contributed by atoms with Gasteiger partial charge in [0.25, 0.3) is 5.91 Å². The number of benzene rings is 2. The zero-order valence-electron chi connectivity index (χ0n) is 16.1. The number of hydrogen-bond acceptors (Lipinski definition) is 6. The Bertz CT molecular complexity index is 940. The van der Waals surface area contributed by atoms with Gasteiger partial charge in [-0.3, -0.25) is 15.0 Å². The van der Waals surface area contributed by atoms with Gasteiger partial charge in [0.05, 0.1) is 22.9 Å². The van der Waals surface area contributed by atoms with Crippen molar-refractivity contribution >= 4 is 16.9 Å². The molecule has 1 amide bonds. The molecule has 0 aliphatic heterocycles. The van der Waals surface area contributed by atoms with Crippen molar-refractivity contribution in [3.8, 4) is 17.0 Å². The van der Waals surface area contributed by atoms with Crippen LogP contribution < -0.4 is 10.2 Å². The van der Waals surface area contributed by atoms with Gasteiger partial charge < -0.3 is 9.64 Å². The molecule has 0 aliphatic carbocycles. The SMILES string of the molecule is CCN(CC)CCOc1ccc(-c2cnc3ccc(C(=O)NO)cc3n2)cc1. The quantitative estimate of drug-likeness (QED) is 0.461. The fourth-order valence-electron chi connectivity index (χ4n) is 2.91. The first-order valence-electron chi connectivity index (χ1n) is 9.31. The molecule has 0 spiro atoms. The Balaban J connectivity index is 1.74. The summed E-state index contributed by atoms with van der Waals surface area (Å²) < 4.78 is 5.81. The largest absolute Gasteiger partial charge is 0.492 e. The van der Waals surface area contributed by atoms with Gasteiger partial charge in [-0.1, -0.05) is 13.8 Å². The van der Waals surface area contributed by atoms with E-state index in [0.29, 0.717) is 28.9 Å². The van der Waals surface area contributed by atoms with E-state index < -0.39 is 5.91 Å². The lowest BCUT2D eigenvalue weighted by Gasteiger charge is -2.18. The van der Waals surface area contributed by atoms with Crippen LogP contribution in [0.15, 0.2) is 48.7 Å². The molecule has 0 bridgehead atoms. The van der Waals surface area contributed by atoms with Crippen LogP contribution in [0.4, 0.5) is 0 Å². The van der Waals surface area contributed by atoms with Gasteiger partial charge in [0.15, 0.2) is 0 Å². The molecular weight excluding hydrogens is 356 g/mol. The monoisotopic (exact) mass is 380 g/mol. The Morgan fingerprint density at radius 1 is 1.11 bits per heavy atom. The second-order valence-corrected chi connectivity index (χ2v) is 6.30. The lowest BCUT2D eigenvalue weighted by Crippen LogP contribution is -2.27. The van der Waals surface area contributed by atoms with Crippen molar-refractivity contribution in [3.05, 3.63) is 54.2 Å². The zero-order chi connectivity index (χ0) is 19.9. The third kappa shape index (κ3) is 4.62. The number of rotatable bonds is 8. The van der Waals surface area contributed by atoms with Crippen LogP contribution in [-0.2, 0) is 0 Å². The number of fused-ring (bicyclic) bond motifs is 1. The van der Waals surface area contributed by atoms with Crippen LogP contribution in [0.5, 0.6) is 5.75 Å². The van der Waals surface area contributed by atoms with Crippen LogP contribution in [-0.4, -0.2) is 52.2 Å². The number of amides is 1. The Hall–Kier alpha value is -3.03. The van der Waals surface area contributed by atoms with E-state index in [4.69, 9.17) is 9.94 Å². The number of nitrogens with zero attached hydrogens (tertiary/aromatic N) is 3. The Labute approximate surface area is 163 Å². The summed E-state index contributed by atoms with van der Waals surface area (Å²) in [7, 11) is 0. The van der Waals surface area contributed by atoms with E-state index in [1.807, 2.05) is 24.3 Å². The zero-order valence-corrected chi connectivity index (χ0v) is 16.1. The lowest BCUT2D eigenvalue weighted by molar-refractivity contribution is 0.0706. The number of carbonyl (C=O) groups is 1. The highest BCUT2D eigenvalue weighted by atomic mass is 16.5. The molecule has 0 saturated heterocycles. The van der Waals surface area contributed by atoms with Crippen LogP contribution in [0.1, 0.15) is 24.2 Å². The summed E-state index contributed by atoms with van der Waals surface area (Å²) in [6, 6.07) is 12.6. The summed E-state index contributed by atoms with van der Waals surface area (Å²) in [6.45, 7) is 7.85. The van der Waals surface area contributed by atoms with E-state index in [9.17, 15) is 4.79 Å². The molecule has 7 nitrogen and oxygen atoms in total. The summed E-state index contributed by atoms with van der Waals surface area (Å²) in [4.78, 5) is 22.9. The lowest BCUT2D eigenvalue weighted by atomic mass is 10.1. The molecule has 146 valence electrons. The number of ether oxygens (including phenoxy) is 1. The summed E-state index contributed by atoms with van der Waals surface area (Å²) in [5, 5.41) is 8.79. The maximum atomic E-state index is 11.6. The average Bonchev–Trinajstić information content (AvgIpc) is 2.76. The Kier molecular flexibility index (Phi) is 6.52. The fraction of sp³-hybridized carbons (Fsp3) is 0.286. The second kappa shape index (κ2) is 9.25. The molecule has 28 heavy (non-hydrogen) atoms. The van der Waals surface area contributed by atoms with E-state index >= 15 is 0 Å². The van der Waals surface area contributed by atoms with Crippen molar-refractivity contribution in [3.63, 3.8) is 0 Å². The molecule has 2 aromatic carbocycles. The predicted octanol–water partition coefficient (Wildman–Crippen LogP) is 3.14. The predicted molar refractivity (Wildman–Crippen MR) is 108 cm³/mol. The molecular formula is C21H24N4O3. The Morgan fingerprint density at radius 3 is 2.54 bits per heavy atom. The molecule has 3 aromatic rings. The van der Waals surface area contributed by atoms with Gasteiger partial charge in [-0.15, -0.1) is 0 Å². The maximum absolute atomic E-state index is 11.6. The van der Waals surface area contributed by atoms with Crippen LogP contribution in [0, 0.1) is 0 Å². The van der Waals surface area contributed by atoms with Gasteiger partial charge >= 0.3 is 0 Å². The van der Waals surface area contributed by atoms with Crippen molar-refractivity contribution in [1.82, 2.24) is 20.3 Å². The van der Waals surface area contributed by atoms with Crippen molar-refractivity contribution in [2.75, 3.05) is 26.2 Å². The first-order chi connectivity index (χ1) is 13.6. The van der Waals surface area contributed by atoms with Gasteiger partial charge in [0, 0.05) is 17.7 Å². The van der Waals surface area contributed by atoms with Crippen molar-refractivity contribution < 1.29 is 14.7 Å². The fourth-order valence-corrected chi connectivity index (χ4v) is 2.91. The molecule has 1 aromatic heterocycles. The maximum Gasteiger partial charge on any atom is 0.274 e. The minimum atomic E-state index is -0.583. The number of nitrogens with one attached hydrogen (secondary N) is 1. The molecule has 0 fully saturated rings. The first-order valence-corrected chi connectivity index (χ1v) is 9.31. The van der Waals surface area contributed by atoms with Crippen LogP contribution >= 0.6 is 0 Å². The second-order valence-electron chi connectivity index (χ2n) is 6.30. The van der Waals surface area contributed by atoms with E-state index in [1.165, 1.54) is 0 Å². The minimum Gasteiger partial charge on any atom is -0.492 e. The van der Waals surface area contributed by atoms with Crippen molar-refractivity contribution in [2.24, 2.45) is 0 Å². The van der Waals surface area contributed by atoms with Gasteiger partial charge in [0.1, 0.15) is 12.4 Å². The number of likely N-dealkylation sites (N-methyl/N-ethyl adjacent to an activating group) is 1. The van der Waals surface area contributed by atoms with E-state index in [2.05, 4.69) is 28.7 Å². The molecule has 0 atom stereocenters. The molecule has 7 heteroatoms. The highest BCUT2D eigenvalue weighted by molar-refractivity contribution is 5.96. The van der Waals surface area contributed by atoms with Crippen molar-refractivity contribution in [2.45, 2.75) is 13.8 Å². The Morgan fingerprint density at radius 2 is 1.86 bits per heavy atom. The smallest absolute Gasteiger partial charge is 0.274 e. The van der Waals surface area contributed by atoms with Crippen molar-refractivity contribution in [1.29, 1.82) is 0 Å². The van der Waals surface area contributed by atoms with E-state index in [0.717, 1.165) is 30.9 Å². The average molecular weight is 380 g/mol. The summed E-state index contributed by atoms with van der Waals surface area (Å²) >= 11 is 0. The van der Waals surface area contributed by atoms with Gasteiger partial charge in [0.2, 0.25) is 0 Å². The molecule has 0 radical (unpaired) electrons. The topological polar surface area (TPSA) is 87.6 Å². The minimum absolute atomic E-state index is 0.318. The molecule has 3 rings (SSSR count). The summed E-state index contributed by atoms with van der Waals surface area (Å²) in [6.07, 6.45) is 1.70. The van der Waals surface area contributed by atoms with Gasteiger partial charge in [-0.2, -0.15) is 0 Å². The van der Waals surface area contributed by atoms with Crippen LogP contribution in [0.25, 0.3) is 22.3 Å².